The summed E-state index contributed by atoms with van der Waals surface area (Å²) in [5.74, 6) is 0.904. The minimum atomic E-state index is 0.337. The Morgan fingerprint density at radius 1 is 1.24 bits per heavy atom. The van der Waals surface area contributed by atoms with Gasteiger partial charge in [0.15, 0.2) is 0 Å². The average molecular weight is 297 g/mol. The summed E-state index contributed by atoms with van der Waals surface area (Å²) >= 11 is 1.74. The maximum absolute atomic E-state index is 4.61. The predicted molar refractivity (Wildman–Crippen MR) is 89.4 cm³/mol. The summed E-state index contributed by atoms with van der Waals surface area (Å²) < 4.78 is 2.11. The lowest BCUT2D eigenvalue weighted by Crippen LogP contribution is -2.20. The monoisotopic (exact) mass is 297 g/mol. The van der Waals surface area contributed by atoms with Crippen LogP contribution in [0, 0.1) is 6.92 Å². The van der Waals surface area contributed by atoms with Crippen LogP contribution in [0.5, 0.6) is 0 Å². The van der Waals surface area contributed by atoms with E-state index in [0.717, 1.165) is 23.8 Å². The van der Waals surface area contributed by atoms with Gasteiger partial charge in [-0.2, -0.15) is 11.3 Å². The number of thiophene rings is 1. The number of nitrogens with one attached hydrogen (secondary N) is 1. The third-order valence-electron chi connectivity index (χ3n) is 3.36. The van der Waals surface area contributed by atoms with Crippen molar-refractivity contribution < 1.29 is 0 Å². The maximum Gasteiger partial charge on any atom is 0.207 e. The zero-order valence-corrected chi connectivity index (χ0v) is 13.1. The van der Waals surface area contributed by atoms with E-state index in [1.807, 2.05) is 25.1 Å². The van der Waals surface area contributed by atoms with E-state index >= 15 is 0 Å². The second kappa shape index (κ2) is 6.14. The summed E-state index contributed by atoms with van der Waals surface area (Å²) in [6.07, 6.45) is 3.07. The van der Waals surface area contributed by atoms with Crippen LogP contribution in [0.25, 0.3) is 5.69 Å². The van der Waals surface area contributed by atoms with Crippen molar-refractivity contribution in [1.29, 1.82) is 0 Å². The van der Waals surface area contributed by atoms with Crippen molar-refractivity contribution in [3.05, 3.63) is 64.6 Å². The molecule has 3 rings (SSSR count). The van der Waals surface area contributed by atoms with Crippen molar-refractivity contribution in [1.82, 2.24) is 9.55 Å². The number of hydrogen-bond donors (Lipinski definition) is 1. The number of imidazole rings is 1. The van der Waals surface area contributed by atoms with E-state index in [9.17, 15) is 0 Å². The van der Waals surface area contributed by atoms with Crippen LogP contribution in [0.1, 0.15) is 18.2 Å². The number of aryl methyl sites for hydroxylation is 1. The fourth-order valence-electron chi connectivity index (χ4n) is 2.42. The van der Waals surface area contributed by atoms with Gasteiger partial charge >= 0.3 is 0 Å². The third kappa shape index (κ3) is 3.34. The molecule has 3 nitrogen and oxygen atoms in total. The van der Waals surface area contributed by atoms with Gasteiger partial charge in [-0.3, -0.25) is 4.57 Å². The molecule has 0 amide bonds. The first-order chi connectivity index (χ1) is 10.2. The molecule has 1 aromatic carbocycles. The van der Waals surface area contributed by atoms with E-state index in [2.05, 4.69) is 56.9 Å². The largest absolute Gasteiger partial charge is 0.353 e. The Labute approximate surface area is 129 Å². The van der Waals surface area contributed by atoms with Crippen LogP contribution in [-0.2, 0) is 6.42 Å². The molecule has 0 saturated carbocycles. The van der Waals surface area contributed by atoms with Gasteiger partial charge in [-0.15, -0.1) is 0 Å². The number of para-hydroxylation sites is 1. The SMILES string of the molecule is Cc1cn(-c2ccccc2)c(NC(C)Cc2ccsc2)n1. The molecule has 0 aliphatic carbocycles. The van der Waals surface area contributed by atoms with Crippen molar-refractivity contribution in [3.63, 3.8) is 0 Å². The minimum Gasteiger partial charge on any atom is -0.353 e. The highest BCUT2D eigenvalue weighted by molar-refractivity contribution is 7.07. The molecule has 0 saturated heterocycles. The Balaban J connectivity index is 1.79. The van der Waals surface area contributed by atoms with Crippen molar-refractivity contribution in [2.75, 3.05) is 5.32 Å². The highest BCUT2D eigenvalue weighted by Gasteiger charge is 2.11. The molecule has 1 atom stereocenters. The summed E-state index contributed by atoms with van der Waals surface area (Å²) in [7, 11) is 0. The van der Waals surface area contributed by atoms with Gasteiger partial charge in [-0.1, -0.05) is 18.2 Å². The van der Waals surface area contributed by atoms with Crippen LogP contribution in [0.2, 0.25) is 0 Å². The number of anilines is 1. The standard InChI is InChI=1S/C17H19N3S/c1-13(10-15-8-9-21-12-15)18-17-19-14(2)11-20(17)16-6-4-3-5-7-16/h3-9,11-13H,10H2,1-2H3,(H,18,19). The molecule has 0 fully saturated rings. The first-order valence-corrected chi connectivity index (χ1v) is 8.05. The fraction of sp³-hybridized carbons (Fsp3) is 0.235. The third-order valence-corrected chi connectivity index (χ3v) is 4.09. The van der Waals surface area contributed by atoms with E-state index in [-0.39, 0.29) is 0 Å². The molecule has 108 valence electrons. The highest BCUT2D eigenvalue weighted by Crippen LogP contribution is 2.18. The molecule has 4 heteroatoms. The summed E-state index contributed by atoms with van der Waals surface area (Å²) in [4.78, 5) is 4.61. The van der Waals surface area contributed by atoms with Gasteiger partial charge in [-0.25, -0.2) is 4.98 Å². The number of hydrogen-bond acceptors (Lipinski definition) is 3. The van der Waals surface area contributed by atoms with Gasteiger partial charge in [0.2, 0.25) is 5.95 Å². The second-order valence-corrected chi connectivity index (χ2v) is 6.07. The number of aromatic nitrogens is 2. The van der Waals surface area contributed by atoms with Gasteiger partial charge in [0.05, 0.1) is 5.69 Å². The summed E-state index contributed by atoms with van der Waals surface area (Å²) in [6, 6.07) is 12.8. The Morgan fingerprint density at radius 3 is 2.76 bits per heavy atom. The van der Waals surface area contributed by atoms with Crippen LogP contribution in [0.15, 0.2) is 53.4 Å². The van der Waals surface area contributed by atoms with Crippen LogP contribution in [0.3, 0.4) is 0 Å². The molecule has 2 aromatic heterocycles. The molecule has 1 N–H and O–H groups in total. The Hall–Kier alpha value is -2.07. The average Bonchev–Trinajstić information content (AvgIpc) is 3.09. The Morgan fingerprint density at radius 2 is 2.05 bits per heavy atom. The van der Waals surface area contributed by atoms with Gasteiger partial charge in [0.25, 0.3) is 0 Å². The minimum absolute atomic E-state index is 0.337. The van der Waals surface area contributed by atoms with Crippen LogP contribution >= 0.6 is 11.3 Å². The molecule has 2 heterocycles. The first-order valence-electron chi connectivity index (χ1n) is 7.11. The van der Waals surface area contributed by atoms with E-state index in [1.165, 1.54) is 5.56 Å². The predicted octanol–water partition coefficient (Wildman–Crippen LogP) is 4.29. The van der Waals surface area contributed by atoms with E-state index in [0.29, 0.717) is 6.04 Å². The number of rotatable bonds is 5. The normalized spacial score (nSPS) is 12.3. The summed E-state index contributed by atoms with van der Waals surface area (Å²) in [5, 5.41) is 7.85. The lowest BCUT2D eigenvalue weighted by atomic mass is 10.1. The topological polar surface area (TPSA) is 29.9 Å². The van der Waals surface area contributed by atoms with Gasteiger partial charge in [-0.05, 0) is 54.8 Å². The van der Waals surface area contributed by atoms with Crippen LogP contribution < -0.4 is 5.32 Å². The van der Waals surface area contributed by atoms with Crippen molar-refractivity contribution in [2.45, 2.75) is 26.3 Å². The fourth-order valence-corrected chi connectivity index (χ4v) is 3.10. The maximum atomic E-state index is 4.61. The number of nitrogens with zero attached hydrogens (tertiary/aromatic N) is 2. The zero-order valence-electron chi connectivity index (χ0n) is 12.3. The lowest BCUT2D eigenvalue weighted by molar-refractivity contribution is 0.774. The van der Waals surface area contributed by atoms with Gasteiger partial charge < -0.3 is 5.32 Å². The second-order valence-electron chi connectivity index (χ2n) is 5.29. The molecule has 0 aliphatic heterocycles. The van der Waals surface area contributed by atoms with E-state index < -0.39 is 0 Å². The van der Waals surface area contributed by atoms with E-state index in [1.54, 1.807) is 11.3 Å². The molecular weight excluding hydrogens is 278 g/mol. The zero-order chi connectivity index (χ0) is 14.7. The van der Waals surface area contributed by atoms with Crippen LogP contribution in [-0.4, -0.2) is 15.6 Å². The van der Waals surface area contributed by atoms with Crippen LogP contribution in [0.4, 0.5) is 5.95 Å². The molecule has 1 unspecified atom stereocenters. The molecule has 0 spiro atoms. The molecule has 0 bridgehead atoms. The van der Waals surface area contributed by atoms with Crippen molar-refractivity contribution in [2.24, 2.45) is 0 Å². The molecule has 3 aromatic rings. The first kappa shape index (κ1) is 13.9. The smallest absolute Gasteiger partial charge is 0.207 e. The molecule has 0 radical (unpaired) electrons. The summed E-state index contributed by atoms with van der Waals surface area (Å²) in [5.41, 5.74) is 3.52. The van der Waals surface area contributed by atoms with Crippen molar-refractivity contribution in [3.8, 4) is 5.69 Å². The lowest BCUT2D eigenvalue weighted by Gasteiger charge is -2.15. The quantitative estimate of drug-likeness (QED) is 0.761. The van der Waals surface area contributed by atoms with Gasteiger partial charge in [0.1, 0.15) is 0 Å². The molecule has 0 aliphatic rings. The Kier molecular flexibility index (Phi) is 4.06. The molecule has 21 heavy (non-hydrogen) atoms. The number of benzene rings is 1. The Bertz CT molecular complexity index is 686. The van der Waals surface area contributed by atoms with Crippen molar-refractivity contribution >= 4 is 17.3 Å². The van der Waals surface area contributed by atoms with E-state index in [4.69, 9.17) is 0 Å². The molecular formula is C17H19N3S. The summed E-state index contributed by atoms with van der Waals surface area (Å²) in [6.45, 7) is 4.21. The highest BCUT2D eigenvalue weighted by atomic mass is 32.1. The van der Waals surface area contributed by atoms with Gasteiger partial charge in [0, 0.05) is 17.9 Å².